The van der Waals surface area contributed by atoms with Crippen LogP contribution in [-0.2, 0) is 0 Å². The second kappa shape index (κ2) is 6.01. The van der Waals surface area contributed by atoms with Gasteiger partial charge in [0.15, 0.2) is 11.5 Å². The molecule has 1 unspecified atom stereocenters. The topological polar surface area (TPSA) is 43.6 Å². The van der Waals surface area contributed by atoms with Crippen molar-refractivity contribution in [2.24, 2.45) is 0 Å². The Hall–Kier alpha value is -1.94. The molecule has 0 aliphatic carbocycles. The third-order valence-corrected chi connectivity index (χ3v) is 3.33. The van der Waals surface area contributed by atoms with Crippen molar-refractivity contribution in [3.05, 3.63) is 47.9 Å². The van der Waals surface area contributed by atoms with E-state index >= 15 is 0 Å². The number of benzene rings is 1. The Morgan fingerprint density at radius 2 is 2.05 bits per heavy atom. The number of hydrogen-bond acceptors (Lipinski definition) is 4. The van der Waals surface area contributed by atoms with E-state index < -0.39 is 0 Å². The van der Waals surface area contributed by atoms with Gasteiger partial charge in [-0.1, -0.05) is 19.1 Å². The normalized spacial score (nSPS) is 15.1. The highest BCUT2D eigenvalue weighted by molar-refractivity contribution is 5.50. The first-order valence-corrected chi connectivity index (χ1v) is 7.05. The van der Waals surface area contributed by atoms with Gasteiger partial charge in [-0.3, -0.25) is 0 Å². The predicted octanol–water partition coefficient (Wildman–Crippen LogP) is 3.14. The van der Waals surface area contributed by atoms with E-state index in [0.29, 0.717) is 13.2 Å². The van der Waals surface area contributed by atoms with Gasteiger partial charge < -0.3 is 19.2 Å². The molecule has 1 aromatic carbocycles. The van der Waals surface area contributed by atoms with Crippen molar-refractivity contribution in [3.8, 4) is 11.5 Å². The van der Waals surface area contributed by atoms with Gasteiger partial charge in [-0.2, -0.15) is 0 Å². The largest absolute Gasteiger partial charge is 0.486 e. The summed E-state index contributed by atoms with van der Waals surface area (Å²) in [5.41, 5.74) is 1.06. The standard InChI is InChI=1S/C16H19NO3/c1-2-8-17-15(13-7-4-9-18-13)12-5-3-6-14-16(12)20-11-10-19-14/h3-7,9,15,17H,2,8,10-11H2,1H3. The lowest BCUT2D eigenvalue weighted by atomic mass is 10.0. The van der Waals surface area contributed by atoms with Gasteiger partial charge in [0.25, 0.3) is 0 Å². The van der Waals surface area contributed by atoms with Gasteiger partial charge in [0.05, 0.1) is 12.3 Å². The highest BCUT2D eigenvalue weighted by Gasteiger charge is 2.24. The zero-order chi connectivity index (χ0) is 13.8. The highest BCUT2D eigenvalue weighted by atomic mass is 16.6. The summed E-state index contributed by atoms with van der Waals surface area (Å²) in [6.07, 6.45) is 2.76. The molecule has 2 aromatic rings. The van der Waals surface area contributed by atoms with Crippen LogP contribution in [0.3, 0.4) is 0 Å². The first-order chi connectivity index (χ1) is 9.90. The van der Waals surface area contributed by atoms with Crippen LogP contribution < -0.4 is 14.8 Å². The van der Waals surface area contributed by atoms with Crippen LogP contribution in [0.25, 0.3) is 0 Å². The molecule has 1 aromatic heterocycles. The van der Waals surface area contributed by atoms with Crippen molar-refractivity contribution in [1.29, 1.82) is 0 Å². The number of ether oxygens (including phenoxy) is 2. The third kappa shape index (κ3) is 2.51. The molecular weight excluding hydrogens is 254 g/mol. The molecule has 4 heteroatoms. The third-order valence-electron chi connectivity index (χ3n) is 3.33. The summed E-state index contributed by atoms with van der Waals surface area (Å²) >= 11 is 0. The van der Waals surface area contributed by atoms with Gasteiger partial charge in [0.2, 0.25) is 0 Å². The Morgan fingerprint density at radius 3 is 2.85 bits per heavy atom. The van der Waals surface area contributed by atoms with Gasteiger partial charge in [-0.25, -0.2) is 0 Å². The fraction of sp³-hybridized carbons (Fsp3) is 0.375. The lowest BCUT2D eigenvalue weighted by Crippen LogP contribution is -2.25. The first kappa shape index (κ1) is 13.1. The Labute approximate surface area is 118 Å². The highest BCUT2D eigenvalue weighted by Crippen LogP contribution is 2.39. The van der Waals surface area contributed by atoms with Gasteiger partial charge in [-0.15, -0.1) is 0 Å². The average molecular weight is 273 g/mol. The van der Waals surface area contributed by atoms with Crippen LogP contribution in [0.15, 0.2) is 41.0 Å². The molecule has 0 bridgehead atoms. The first-order valence-electron chi connectivity index (χ1n) is 7.05. The van der Waals surface area contributed by atoms with Crippen LogP contribution in [0.2, 0.25) is 0 Å². The van der Waals surface area contributed by atoms with Crippen LogP contribution in [0.5, 0.6) is 11.5 Å². The lowest BCUT2D eigenvalue weighted by Gasteiger charge is -2.25. The minimum atomic E-state index is -0.0124. The zero-order valence-corrected chi connectivity index (χ0v) is 11.6. The number of hydrogen-bond donors (Lipinski definition) is 1. The molecule has 1 atom stereocenters. The summed E-state index contributed by atoms with van der Waals surface area (Å²) in [7, 11) is 0. The molecule has 0 spiro atoms. The van der Waals surface area contributed by atoms with E-state index in [-0.39, 0.29) is 6.04 Å². The summed E-state index contributed by atoms with van der Waals surface area (Å²) < 4.78 is 17.0. The SMILES string of the molecule is CCCNC(c1ccco1)c1cccc2c1OCCO2. The molecular formula is C16H19NO3. The maximum Gasteiger partial charge on any atom is 0.166 e. The number of nitrogens with one attached hydrogen (secondary N) is 1. The maximum absolute atomic E-state index is 5.81. The summed E-state index contributed by atoms with van der Waals surface area (Å²) in [5.74, 6) is 2.52. The molecule has 20 heavy (non-hydrogen) atoms. The van der Waals surface area contributed by atoms with Crippen molar-refractivity contribution in [1.82, 2.24) is 5.32 Å². The smallest absolute Gasteiger partial charge is 0.166 e. The quantitative estimate of drug-likeness (QED) is 0.909. The summed E-state index contributed by atoms with van der Waals surface area (Å²) in [6, 6.07) is 9.87. The molecule has 1 aliphatic heterocycles. The molecule has 106 valence electrons. The van der Waals surface area contributed by atoms with Crippen LogP contribution >= 0.6 is 0 Å². The van der Waals surface area contributed by atoms with Gasteiger partial charge >= 0.3 is 0 Å². The Bertz CT molecular complexity index is 551. The zero-order valence-electron chi connectivity index (χ0n) is 11.6. The number of para-hydroxylation sites is 1. The minimum Gasteiger partial charge on any atom is -0.486 e. The monoisotopic (exact) mass is 273 g/mol. The number of furan rings is 1. The number of fused-ring (bicyclic) bond motifs is 1. The molecule has 0 amide bonds. The van der Waals surface area contributed by atoms with Crippen LogP contribution in [-0.4, -0.2) is 19.8 Å². The van der Waals surface area contributed by atoms with Crippen molar-refractivity contribution >= 4 is 0 Å². The van der Waals surface area contributed by atoms with E-state index in [4.69, 9.17) is 13.9 Å². The van der Waals surface area contributed by atoms with Crippen LogP contribution in [0.4, 0.5) is 0 Å². The molecule has 0 fully saturated rings. The van der Waals surface area contributed by atoms with Crippen molar-refractivity contribution in [3.63, 3.8) is 0 Å². The molecule has 3 rings (SSSR count). The predicted molar refractivity (Wildman–Crippen MR) is 76.3 cm³/mol. The Balaban J connectivity index is 1.98. The fourth-order valence-corrected chi connectivity index (χ4v) is 2.43. The van der Waals surface area contributed by atoms with E-state index in [9.17, 15) is 0 Å². The Kier molecular flexibility index (Phi) is 3.92. The van der Waals surface area contributed by atoms with E-state index in [1.807, 2.05) is 24.3 Å². The molecule has 1 N–H and O–H groups in total. The van der Waals surface area contributed by atoms with E-state index in [0.717, 1.165) is 35.8 Å². The summed E-state index contributed by atoms with van der Waals surface area (Å²) in [4.78, 5) is 0. The van der Waals surface area contributed by atoms with Crippen LogP contribution in [0, 0.1) is 0 Å². The second-order valence-electron chi connectivity index (χ2n) is 4.77. The minimum absolute atomic E-state index is 0.0124. The van der Waals surface area contributed by atoms with E-state index in [1.54, 1.807) is 6.26 Å². The lowest BCUT2D eigenvalue weighted by molar-refractivity contribution is 0.168. The van der Waals surface area contributed by atoms with E-state index in [2.05, 4.69) is 18.3 Å². The summed E-state index contributed by atoms with van der Waals surface area (Å²) in [6.45, 7) is 4.25. The summed E-state index contributed by atoms with van der Waals surface area (Å²) in [5, 5.41) is 3.51. The van der Waals surface area contributed by atoms with Crippen molar-refractivity contribution < 1.29 is 13.9 Å². The molecule has 2 heterocycles. The molecule has 0 saturated carbocycles. The number of rotatable bonds is 5. The Morgan fingerprint density at radius 1 is 1.15 bits per heavy atom. The van der Waals surface area contributed by atoms with E-state index in [1.165, 1.54) is 0 Å². The maximum atomic E-state index is 5.81. The molecule has 0 radical (unpaired) electrons. The molecule has 4 nitrogen and oxygen atoms in total. The molecule has 0 saturated heterocycles. The van der Waals surface area contributed by atoms with Crippen molar-refractivity contribution in [2.45, 2.75) is 19.4 Å². The van der Waals surface area contributed by atoms with Gasteiger partial charge in [0.1, 0.15) is 19.0 Å². The fourth-order valence-electron chi connectivity index (χ4n) is 2.43. The van der Waals surface area contributed by atoms with Gasteiger partial charge in [-0.05, 0) is 31.2 Å². The van der Waals surface area contributed by atoms with Crippen molar-refractivity contribution in [2.75, 3.05) is 19.8 Å². The molecule has 1 aliphatic rings. The van der Waals surface area contributed by atoms with Crippen LogP contribution in [0.1, 0.15) is 30.7 Å². The van der Waals surface area contributed by atoms with Gasteiger partial charge in [0, 0.05) is 5.56 Å². The second-order valence-corrected chi connectivity index (χ2v) is 4.77. The average Bonchev–Trinajstić information content (AvgIpc) is 3.02.